The van der Waals surface area contributed by atoms with Gasteiger partial charge in [0, 0.05) is 11.3 Å². The highest BCUT2D eigenvalue weighted by molar-refractivity contribution is 6.42. The summed E-state index contributed by atoms with van der Waals surface area (Å²) in [5.41, 5.74) is 5.95. The molecule has 0 saturated carbocycles. The molecule has 0 aromatic heterocycles. The SMILES string of the molecule is CC/C(=C\Cc1ccc(C(=O)Nc2ccccc2C)cc1)c1ccc(Cl)c(Cl)c1. The second kappa shape index (κ2) is 9.78. The number of nitrogens with one attached hydrogen (secondary N) is 1. The lowest BCUT2D eigenvalue weighted by molar-refractivity contribution is 0.102. The van der Waals surface area contributed by atoms with Gasteiger partial charge < -0.3 is 5.32 Å². The Morgan fingerprint density at radius 2 is 1.62 bits per heavy atom. The lowest BCUT2D eigenvalue weighted by Crippen LogP contribution is -2.12. The number of hydrogen-bond donors (Lipinski definition) is 1. The Kier molecular flexibility index (Phi) is 7.13. The van der Waals surface area contributed by atoms with Gasteiger partial charge in [0.2, 0.25) is 0 Å². The van der Waals surface area contributed by atoms with Crippen molar-refractivity contribution < 1.29 is 4.79 Å². The van der Waals surface area contributed by atoms with Crippen molar-refractivity contribution in [2.75, 3.05) is 5.32 Å². The topological polar surface area (TPSA) is 29.1 Å². The molecule has 0 saturated heterocycles. The van der Waals surface area contributed by atoms with Crippen molar-refractivity contribution in [1.29, 1.82) is 0 Å². The van der Waals surface area contributed by atoms with Gasteiger partial charge in [0.05, 0.1) is 10.0 Å². The zero-order valence-electron chi connectivity index (χ0n) is 16.5. The van der Waals surface area contributed by atoms with E-state index in [9.17, 15) is 4.79 Å². The summed E-state index contributed by atoms with van der Waals surface area (Å²) >= 11 is 12.2. The number of anilines is 1. The Balaban J connectivity index is 1.69. The van der Waals surface area contributed by atoms with E-state index in [1.807, 2.05) is 73.7 Å². The molecule has 0 atom stereocenters. The Bertz CT molecular complexity index is 1040. The molecule has 3 rings (SSSR count). The highest BCUT2D eigenvalue weighted by Gasteiger charge is 2.08. The van der Waals surface area contributed by atoms with E-state index in [2.05, 4.69) is 18.3 Å². The molecule has 0 fully saturated rings. The van der Waals surface area contributed by atoms with Gasteiger partial charge in [-0.25, -0.2) is 0 Å². The molecule has 148 valence electrons. The maximum Gasteiger partial charge on any atom is 0.255 e. The van der Waals surface area contributed by atoms with Gasteiger partial charge in [-0.1, -0.05) is 72.6 Å². The predicted octanol–water partition coefficient (Wildman–Crippen LogP) is 7.59. The Morgan fingerprint density at radius 1 is 0.931 bits per heavy atom. The van der Waals surface area contributed by atoms with Crippen molar-refractivity contribution in [3.8, 4) is 0 Å². The maximum absolute atomic E-state index is 12.5. The normalized spacial score (nSPS) is 11.4. The highest BCUT2D eigenvalue weighted by atomic mass is 35.5. The first kappa shape index (κ1) is 21.2. The van der Waals surface area contributed by atoms with Crippen molar-refractivity contribution in [2.24, 2.45) is 0 Å². The fraction of sp³-hybridized carbons (Fsp3) is 0.160. The number of benzene rings is 3. The number of rotatable bonds is 6. The number of carbonyl (C=O) groups excluding carboxylic acids is 1. The number of halogens is 2. The molecule has 0 unspecified atom stereocenters. The van der Waals surface area contributed by atoms with Crippen LogP contribution in [-0.2, 0) is 6.42 Å². The van der Waals surface area contributed by atoms with E-state index in [0.29, 0.717) is 15.6 Å². The molecule has 0 spiro atoms. The van der Waals surface area contributed by atoms with Crippen LogP contribution < -0.4 is 5.32 Å². The van der Waals surface area contributed by atoms with Crippen LogP contribution in [0.2, 0.25) is 10.0 Å². The summed E-state index contributed by atoms with van der Waals surface area (Å²) < 4.78 is 0. The maximum atomic E-state index is 12.5. The van der Waals surface area contributed by atoms with Crippen LogP contribution in [0, 0.1) is 6.92 Å². The first-order chi connectivity index (χ1) is 14.0. The number of allylic oxidation sites excluding steroid dienone is 2. The molecule has 0 aliphatic heterocycles. The summed E-state index contributed by atoms with van der Waals surface area (Å²) in [4.78, 5) is 12.5. The fourth-order valence-electron chi connectivity index (χ4n) is 3.10. The van der Waals surface area contributed by atoms with Crippen molar-refractivity contribution in [3.63, 3.8) is 0 Å². The van der Waals surface area contributed by atoms with Crippen molar-refractivity contribution in [1.82, 2.24) is 0 Å². The van der Waals surface area contributed by atoms with Crippen LogP contribution in [0.25, 0.3) is 5.57 Å². The third-order valence-electron chi connectivity index (χ3n) is 4.86. The minimum absolute atomic E-state index is 0.105. The molecule has 0 radical (unpaired) electrons. The van der Waals surface area contributed by atoms with Gasteiger partial charge in [0.25, 0.3) is 5.91 Å². The molecule has 4 heteroatoms. The van der Waals surface area contributed by atoms with Crippen LogP contribution in [0.4, 0.5) is 5.69 Å². The van der Waals surface area contributed by atoms with E-state index >= 15 is 0 Å². The summed E-state index contributed by atoms with van der Waals surface area (Å²) in [6.45, 7) is 4.09. The van der Waals surface area contributed by atoms with Crippen LogP contribution >= 0.6 is 23.2 Å². The number of para-hydroxylation sites is 1. The number of hydrogen-bond acceptors (Lipinski definition) is 1. The van der Waals surface area contributed by atoms with Gasteiger partial charge >= 0.3 is 0 Å². The van der Waals surface area contributed by atoms with Gasteiger partial charge in [-0.3, -0.25) is 4.79 Å². The van der Waals surface area contributed by atoms with E-state index in [0.717, 1.165) is 35.2 Å². The Morgan fingerprint density at radius 3 is 2.28 bits per heavy atom. The smallest absolute Gasteiger partial charge is 0.255 e. The molecule has 29 heavy (non-hydrogen) atoms. The van der Waals surface area contributed by atoms with Gasteiger partial charge in [-0.05, 0) is 72.4 Å². The number of amides is 1. The molecule has 0 heterocycles. The minimum atomic E-state index is -0.105. The van der Waals surface area contributed by atoms with Crippen molar-refractivity contribution >= 4 is 40.4 Å². The van der Waals surface area contributed by atoms with Gasteiger partial charge in [-0.15, -0.1) is 0 Å². The number of carbonyl (C=O) groups is 1. The number of aryl methyl sites for hydroxylation is 1. The third kappa shape index (κ3) is 5.50. The molecule has 3 aromatic rings. The zero-order chi connectivity index (χ0) is 20.8. The molecule has 0 bridgehead atoms. The monoisotopic (exact) mass is 423 g/mol. The second-order valence-corrected chi connectivity index (χ2v) is 7.70. The average molecular weight is 424 g/mol. The van der Waals surface area contributed by atoms with Crippen LogP contribution in [0.5, 0.6) is 0 Å². The summed E-state index contributed by atoms with van der Waals surface area (Å²) in [5, 5.41) is 4.09. The third-order valence-corrected chi connectivity index (χ3v) is 5.60. The van der Waals surface area contributed by atoms with E-state index < -0.39 is 0 Å². The standard InChI is InChI=1S/C25H23Cl2NO/c1-3-19(21-14-15-22(26)23(27)16-21)11-8-18-9-12-20(13-10-18)25(29)28-24-7-5-4-6-17(24)2/h4-7,9-16H,3,8H2,1-2H3,(H,28,29)/b19-11+. The van der Waals surface area contributed by atoms with E-state index in [1.54, 1.807) is 0 Å². The second-order valence-electron chi connectivity index (χ2n) is 6.88. The van der Waals surface area contributed by atoms with Crippen LogP contribution in [0.15, 0.2) is 72.8 Å². The summed E-state index contributed by atoms with van der Waals surface area (Å²) in [5.74, 6) is -0.105. The van der Waals surface area contributed by atoms with Crippen LogP contribution in [0.3, 0.4) is 0 Å². The predicted molar refractivity (Wildman–Crippen MR) is 124 cm³/mol. The molecule has 1 amide bonds. The highest BCUT2D eigenvalue weighted by Crippen LogP contribution is 2.28. The summed E-state index contributed by atoms with van der Waals surface area (Å²) in [7, 11) is 0. The van der Waals surface area contributed by atoms with E-state index in [-0.39, 0.29) is 5.91 Å². The van der Waals surface area contributed by atoms with Crippen molar-refractivity contribution in [2.45, 2.75) is 26.7 Å². The summed E-state index contributed by atoms with van der Waals surface area (Å²) in [6.07, 6.45) is 3.87. The Hall–Kier alpha value is -2.55. The fourth-order valence-corrected chi connectivity index (χ4v) is 3.40. The lowest BCUT2D eigenvalue weighted by atomic mass is 10.00. The van der Waals surface area contributed by atoms with E-state index in [4.69, 9.17) is 23.2 Å². The van der Waals surface area contributed by atoms with Crippen LogP contribution in [0.1, 0.15) is 40.4 Å². The molecular formula is C25H23Cl2NO. The van der Waals surface area contributed by atoms with Gasteiger partial charge in [0.15, 0.2) is 0 Å². The molecule has 2 nitrogen and oxygen atoms in total. The largest absolute Gasteiger partial charge is 0.322 e. The molecule has 0 aliphatic carbocycles. The first-order valence-electron chi connectivity index (χ1n) is 9.58. The van der Waals surface area contributed by atoms with Gasteiger partial charge in [0.1, 0.15) is 0 Å². The van der Waals surface area contributed by atoms with Gasteiger partial charge in [-0.2, -0.15) is 0 Å². The quantitative estimate of drug-likeness (QED) is 0.434. The molecule has 1 N–H and O–H groups in total. The summed E-state index contributed by atoms with van der Waals surface area (Å²) in [6, 6.07) is 21.2. The zero-order valence-corrected chi connectivity index (χ0v) is 18.0. The molecular weight excluding hydrogens is 401 g/mol. The lowest BCUT2D eigenvalue weighted by Gasteiger charge is -2.09. The molecule has 3 aromatic carbocycles. The van der Waals surface area contributed by atoms with Crippen molar-refractivity contribution in [3.05, 3.63) is 105 Å². The minimum Gasteiger partial charge on any atom is -0.322 e. The first-order valence-corrected chi connectivity index (χ1v) is 10.3. The molecule has 0 aliphatic rings. The van der Waals surface area contributed by atoms with Crippen LogP contribution in [-0.4, -0.2) is 5.91 Å². The van der Waals surface area contributed by atoms with E-state index in [1.165, 1.54) is 5.57 Å². The average Bonchev–Trinajstić information content (AvgIpc) is 2.73. The Labute approximate surface area is 182 Å².